The zero-order valence-corrected chi connectivity index (χ0v) is 19.8. The van der Waals surface area contributed by atoms with Gasteiger partial charge in [0.05, 0.1) is 24.1 Å². The number of benzene rings is 1. The molecule has 5 rings (SSSR count). The second-order valence-corrected chi connectivity index (χ2v) is 8.64. The molecule has 0 aliphatic rings. The molecule has 0 atom stereocenters. The Morgan fingerprint density at radius 3 is 2.58 bits per heavy atom. The van der Waals surface area contributed by atoms with Gasteiger partial charge < -0.3 is 10.1 Å². The average molecular weight is 460 g/mol. The van der Waals surface area contributed by atoms with Gasteiger partial charge >= 0.3 is 0 Å². The molecule has 0 saturated carbocycles. The van der Waals surface area contributed by atoms with Crippen molar-refractivity contribution in [3.63, 3.8) is 0 Å². The first-order valence-corrected chi connectivity index (χ1v) is 11.6. The topological polar surface area (TPSA) is 82.7 Å². The second-order valence-electron chi connectivity index (χ2n) is 7.86. The van der Waals surface area contributed by atoms with Gasteiger partial charge in [-0.1, -0.05) is 12.1 Å². The summed E-state index contributed by atoms with van der Waals surface area (Å²) < 4.78 is 9.12. The Balaban J connectivity index is 1.53. The number of hydrogen-bond acceptors (Lipinski definition) is 7. The summed E-state index contributed by atoms with van der Waals surface area (Å²) in [5.41, 5.74) is 6.66. The molecule has 0 aliphatic carbocycles. The monoisotopic (exact) mass is 459 g/mol. The van der Waals surface area contributed by atoms with E-state index in [4.69, 9.17) is 14.7 Å². The molecule has 0 amide bonds. The minimum atomic E-state index is 0.648. The van der Waals surface area contributed by atoms with E-state index in [1.807, 2.05) is 54.0 Å². The van der Waals surface area contributed by atoms with Crippen LogP contribution in [0.25, 0.3) is 28.2 Å². The van der Waals surface area contributed by atoms with Crippen LogP contribution in [-0.2, 0) is 13.5 Å². The van der Waals surface area contributed by atoms with Crippen LogP contribution in [0.3, 0.4) is 0 Å². The van der Waals surface area contributed by atoms with Crippen molar-refractivity contribution in [3.8, 4) is 22.8 Å². The maximum absolute atomic E-state index is 5.25. The van der Waals surface area contributed by atoms with Crippen molar-refractivity contribution < 1.29 is 4.74 Å². The van der Waals surface area contributed by atoms with Gasteiger partial charge in [-0.15, -0.1) is 0 Å². The van der Waals surface area contributed by atoms with Crippen molar-refractivity contribution in [1.29, 1.82) is 0 Å². The first-order chi connectivity index (χ1) is 16.0. The first kappa shape index (κ1) is 21.1. The molecule has 9 heteroatoms. The van der Waals surface area contributed by atoms with E-state index in [0.717, 1.165) is 51.8 Å². The van der Waals surface area contributed by atoms with E-state index >= 15 is 0 Å². The van der Waals surface area contributed by atoms with Crippen LogP contribution in [0.15, 0.2) is 47.4 Å². The van der Waals surface area contributed by atoms with Gasteiger partial charge in [0.25, 0.3) is 0 Å². The highest BCUT2D eigenvalue weighted by atomic mass is 32.1. The molecule has 0 unspecified atom stereocenters. The zero-order valence-electron chi connectivity index (χ0n) is 19.0. The number of ether oxygens (including phenoxy) is 1. The van der Waals surface area contributed by atoms with Gasteiger partial charge in [-0.3, -0.25) is 9.25 Å². The van der Waals surface area contributed by atoms with Crippen LogP contribution >= 0.6 is 11.3 Å². The van der Waals surface area contributed by atoms with Crippen molar-refractivity contribution in [2.45, 2.75) is 20.3 Å². The van der Waals surface area contributed by atoms with Crippen LogP contribution in [-0.4, -0.2) is 43.0 Å². The Bertz CT molecular complexity index is 1400. The molecular weight excluding hydrogens is 434 g/mol. The van der Waals surface area contributed by atoms with Crippen molar-refractivity contribution in [3.05, 3.63) is 64.4 Å². The summed E-state index contributed by atoms with van der Waals surface area (Å²) in [7, 11) is 3.61. The van der Waals surface area contributed by atoms with Gasteiger partial charge in [0.2, 0.25) is 0 Å². The van der Waals surface area contributed by atoms with Crippen molar-refractivity contribution >= 4 is 28.3 Å². The predicted molar refractivity (Wildman–Crippen MR) is 131 cm³/mol. The lowest BCUT2D eigenvalue weighted by Gasteiger charge is -2.10. The third-order valence-electron chi connectivity index (χ3n) is 5.78. The Morgan fingerprint density at radius 2 is 1.91 bits per heavy atom. The molecule has 0 bridgehead atoms. The van der Waals surface area contributed by atoms with Crippen molar-refractivity contribution in [2.24, 2.45) is 7.05 Å². The number of nitrogens with one attached hydrogen (secondary N) is 1. The summed E-state index contributed by atoms with van der Waals surface area (Å²) >= 11 is 1.64. The van der Waals surface area contributed by atoms with Gasteiger partial charge in [0.1, 0.15) is 12.1 Å². The zero-order chi connectivity index (χ0) is 22.9. The molecule has 8 nitrogen and oxygen atoms in total. The Morgan fingerprint density at radius 1 is 1.09 bits per heavy atom. The molecule has 4 heterocycles. The van der Waals surface area contributed by atoms with E-state index in [2.05, 4.69) is 39.0 Å². The van der Waals surface area contributed by atoms with E-state index in [1.54, 1.807) is 18.4 Å². The molecule has 1 aromatic carbocycles. The molecule has 5 aromatic rings. The fourth-order valence-electron chi connectivity index (χ4n) is 3.93. The third kappa shape index (κ3) is 3.95. The number of aryl methyl sites for hydroxylation is 2. The van der Waals surface area contributed by atoms with Gasteiger partial charge in [-0.05, 0) is 49.4 Å². The van der Waals surface area contributed by atoms with Crippen LogP contribution in [0.1, 0.15) is 17.0 Å². The molecule has 168 valence electrons. The number of nitrogens with zero attached hydrogens (tertiary/aromatic N) is 6. The highest BCUT2D eigenvalue weighted by Crippen LogP contribution is 2.29. The van der Waals surface area contributed by atoms with Gasteiger partial charge in [0.15, 0.2) is 22.8 Å². The Hall–Kier alpha value is -3.72. The summed E-state index contributed by atoms with van der Waals surface area (Å²) in [5, 5.41) is 12.2. The number of fused-ring (bicyclic) bond motifs is 1. The highest BCUT2D eigenvalue weighted by molar-refractivity contribution is 7.08. The predicted octanol–water partition coefficient (Wildman–Crippen LogP) is 4.56. The third-order valence-corrected chi connectivity index (χ3v) is 6.45. The van der Waals surface area contributed by atoms with Gasteiger partial charge in [0, 0.05) is 24.7 Å². The first-order valence-electron chi connectivity index (χ1n) is 10.7. The van der Waals surface area contributed by atoms with Crippen LogP contribution in [0.4, 0.5) is 5.82 Å². The van der Waals surface area contributed by atoms with Crippen molar-refractivity contribution in [2.75, 3.05) is 19.0 Å². The summed E-state index contributed by atoms with van der Waals surface area (Å²) in [6.45, 7) is 4.74. The maximum Gasteiger partial charge on any atom is 0.170 e. The van der Waals surface area contributed by atoms with Crippen LogP contribution in [0.5, 0.6) is 5.75 Å². The lowest BCUT2D eigenvalue weighted by atomic mass is 10.1. The van der Waals surface area contributed by atoms with Gasteiger partial charge in [-0.2, -0.15) is 16.4 Å². The SMILES string of the molecule is COc1ccc(CCNc2nc(-c3c(C)nn(C)c3C)nc3c2ncn3-c2ccsc2)cc1. The average Bonchev–Trinajstić information content (AvgIpc) is 3.54. The van der Waals surface area contributed by atoms with E-state index in [9.17, 15) is 0 Å². The van der Waals surface area contributed by atoms with Crippen LogP contribution in [0, 0.1) is 13.8 Å². The molecular formula is C24H25N7OS. The minimum Gasteiger partial charge on any atom is -0.497 e. The quantitative estimate of drug-likeness (QED) is 0.384. The standard InChI is InChI=1S/C24H25N7OS/c1-15-20(16(2)30(3)29-15)22-27-23(25-11-9-17-5-7-19(32-4)8-6-17)21-24(28-22)31(14-26-21)18-10-12-33-13-18/h5-8,10,12-14H,9,11H2,1-4H3,(H,25,27,28). The Labute approximate surface area is 195 Å². The second kappa shape index (κ2) is 8.67. The molecule has 4 aromatic heterocycles. The smallest absolute Gasteiger partial charge is 0.170 e. The highest BCUT2D eigenvalue weighted by Gasteiger charge is 2.20. The lowest BCUT2D eigenvalue weighted by molar-refractivity contribution is 0.414. The number of methoxy groups -OCH3 is 1. The Kier molecular flexibility index (Phi) is 5.55. The summed E-state index contributed by atoms with van der Waals surface area (Å²) in [5.74, 6) is 2.23. The number of imidazole rings is 1. The summed E-state index contributed by atoms with van der Waals surface area (Å²) in [6.07, 6.45) is 2.66. The molecule has 1 N–H and O–H groups in total. The number of thiophene rings is 1. The molecule has 0 saturated heterocycles. The van der Waals surface area contributed by atoms with E-state index in [0.29, 0.717) is 12.4 Å². The number of rotatable bonds is 7. The van der Waals surface area contributed by atoms with E-state index in [1.165, 1.54) is 5.56 Å². The maximum atomic E-state index is 5.25. The number of aromatic nitrogens is 6. The number of hydrogen-bond donors (Lipinski definition) is 1. The molecule has 0 fully saturated rings. The largest absolute Gasteiger partial charge is 0.497 e. The molecule has 33 heavy (non-hydrogen) atoms. The van der Waals surface area contributed by atoms with Crippen LogP contribution < -0.4 is 10.1 Å². The van der Waals surface area contributed by atoms with E-state index in [-0.39, 0.29) is 0 Å². The summed E-state index contributed by atoms with van der Waals surface area (Å²) in [4.78, 5) is 14.5. The molecule has 0 aliphatic heterocycles. The minimum absolute atomic E-state index is 0.648. The lowest BCUT2D eigenvalue weighted by Crippen LogP contribution is -2.09. The molecule has 0 radical (unpaired) electrons. The number of anilines is 1. The fourth-order valence-corrected chi connectivity index (χ4v) is 4.56. The normalized spacial score (nSPS) is 11.3. The van der Waals surface area contributed by atoms with Crippen LogP contribution in [0.2, 0.25) is 0 Å². The summed E-state index contributed by atoms with van der Waals surface area (Å²) in [6, 6.07) is 10.2. The van der Waals surface area contributed by atoms with E-state index < -0.39 is 0 Å². The fraction of sp³-hybridized carbons (Fsp3) is 0.250. The van der Waals surface area contributed by atoms with Gasteiger partial charge in [-0.25, -0.2) is 15.0 Å². The molecule has 0 spiro atoms. The van der Waals surface area contributed by atoms with Crippen molar-refractivity contribution in [1.82, 2.24) is 29.3 Å².